The summed E-state index contributed by atoms with van der Waals surface area (Å²) in [5, 5.41) is 0. The van der Waals surface area contributed by atoms with Crippen molar-refractivity contribution in [3.63, 3.8) is 0 Å². The zero-order valence-corrected chi connectivity index (χ0v) is 20.1. The van der Waals surface area contributed by atoms with Crippen LogP contribution in [0.4, 0.5) is 0 Å². The summed E-state index contributed by atoms with van der Waals surface area (Å²) in [6, 6.07) is 7.40. The minimum Gasteiger partial charge on any atom is -0.490 e. The Kier molecular flexibility index (Phi) is 8.32. The first-order valence-corrected chi connectivity index (χ1v) is 13.2. The van der Waals surface area contributed by atoms with E-state index in [0.717, 1.165) is 48.2 Å². The lowest BCUT2D eigenvalue weighted by atomic mass is 9.61. The molecule has 176 valence electrons. The van der Waals surface area contributed by atoms with Crippen LogP contribution in [0.3, 0.4) is 0 Å². The van der Waals surface area contributed by atoms with Crippen molar-refractivity contribution >= 4 is 5.97 Å². The zero-order chi connectivity index (χ0) is 22.3. The van der Waals surface area contributed by atoms with Crippen molar-refractivity contribution < 1.29 is 14.3 Å². The topological polar surface area (TPSA) is 35.5 Å². The molecular formula is C29H42O3. The molecule has 3 aliphatic rings. The highest BCUT2D eigenvalue weighted by Crippen LogP contribution is 2.49. The van der Waals surface area contributed by atoms with Gasteiger partial charge in [-0.2, -0.15) is 0 Å². The Hall–Kier alpha value is -1.77. The van der Waals surface area contributed by atoms with Crippen LogP contribution in [-0.4, -0.2) is 12.6 Å². The molecular weight excluding hydrogens is 396 g/mol. The monoisotopic (exact) mass is 438 g/mol. The fourth-order valence-corrected chi connectivity index (χ4v) is 6.69. The Labute approximate surface area is 195 Å². The molecule has 0 N–H and O–H groups in total. The Morgan fingerprint density at radius 3 is 2.12 bits per heavy atom. The lowest BCUT2D eigenvalue weighted by Crippen LogP contribution is -2.35. The van der Waals surface area contributed by atoms with Crippen LogP contribution < -0.4 is 9.47 Å². The van der Waals surface area contributed by atoms with Gasteiger partial charge in [-0.1, -0.05) is 31.9 Å². The summed E-state index contributed by atoms with van der Waals surface area (Å²) in [6.45, 7) is 4.90. The van der Waals surface area contributed by atoms with Gasteiger partial charge in [-0.15, -0.1) is 0 Å². The summed E-state index contributed by atoms with van der Waals surface area (Å²) >= 11 is 0. The van der Waals surface area contributed by atoms with E-state index in [9.17, 15) is 4.79 Å². The average Bonchev–Trinajstić information content (AvgIpc) is 2.84. The molecule has 0 saturated heterocycles. The molecule has 0 heterocycles. The number of hydrogen-bond donors (Lipinski definition) is 0. The molecule has 0 radical (unpaired) electrons. The summed E-state index contributed by atoms with van der Waals surface area (Å²) in [5.41, 5.74) is 0. The molecule has 0 spiro atoms. The maximum Gasteiger partial charge on any atom is 0.314 e. The van der Waals surface area contributed by atoms with E-state index in [2.05, 4.69) is 6.92 Å². The maximum absolute atomic E-state index is 12.7. The molecule has 3 saturated carbocycles. The molecule has 3 aliphatic carbocycles. The van der Waals surface area contributed by atoms with Gasteiger partial charge < -0.3 is 9.47 Å². The van der Waals surface area contributed by atoms with Gasteiger partial charge in [0.2, 0.25) is 0 Å². The minimum absolute atomic E-state index is 0.0485. The van der Waals surface area contributed by atoms with E-state index < -0.39 is 0 Å². The molecule has 3 heteroatoms. The van der Waals surface area contributed by atoms with Gasteiger partial charge in [0.1, 0.15) is 18.1 Å². The van der Waals surface area contributed by atoms with Gasteiger partial charge in [0, 0.05) is 0 Å². The molecule has 0 amide bonds. The average molecular weight is 439 g/mol. The Bertz CT molecular complexity index is 744. The predicted octanol–water partition coefficient (Wildman–Crippen LogP) is 7.60. The largest absolute Gasteiger partial charge is 0.490 e. The lowest BCUT2D eigenvalue weighted by Gasteiger charge is -2.45. The van der Waals surface area contributed by atoms with Gasteiger partial charge in [-0.25, -0.2) is 0 Å². The van der Waals surface area contributed by atoms with E-state index in [1.54, 1.807) is 0 Å². The maximum atomic E-state index is 12.7. The molecule has 4 rings (SSSR count). The number of ether oxygens (including phenoxy) is 2. The second-order valence-electron chi connectivity index (χ2n) is 10.6. The minimum atomic E-state index is -0.0485. The van der Waals surface area contributed by atoms with Crippen molar-refractivity contribution in [2.45, 2.75) is 84.5 Å². The number of hydrogen-bond acceptors (Lipinski definition) is 3. The quantitative estimate of drug-likeness (QED) is 0.250. The number of allylic oxidation sites excluding steroid dienone is 1. The number of carbonyl (C=O) groups excluding carboxylic acids is 1. The highest BCUT2D eigenvalue weighted by molar-refractivity contribution is 5.75. The van der Waals surface area contributed by atoms with Crippen LogP contribution in [0.15, 0.2) is 36.4 Å². The van der Waals surface area contributed by atoms with Crippen LogP contribution in [-0.2, 0) is 4.79 Å². The van der Waals surface area contributed by atoms with E-state index in [0.29, 0.717) is 12.4 Å². The van der Waals surface area contributed by atoms with Gasteiger partial charge in [-0.3, -0.25) is 4.79 Å². The van der Waals surface area contributed by atoms with E-state index in [1.165, 1.54) is 57.8 Å². The second kappa shape index (κ2) is 11.4. The van der Waals surface area contributed by atoms with Gasteiger partial charge in [0.15, 0.2) is 0 Å². The molecule has 3 nitrogen and oxygen atoms in total. The lowest BCUT2D eigenvalue weighted by molar-refractivity contribution is -0.140. The summed E-state index contributed by atoms with van der Waals surface area (Å²) in [4.78, 5) is 12.7. The Balaban J connectivity index is 1.20. The second-order valence-corrected chi connectivity index (χ2v) is 10.6. The normalized spacial score (nSPS) is 32.9. The summed E-state index contributed by atoms with van der Waals surface area (Å²) in [6.07, 6.45) is 18.5. The first-order valence-electron chi connectivity index (χ1n) is 13.2. The third kappa shape index (κ3) is 5.97. The standard InChI is InChI=1S/C29H42O3/c1-3-5-18-31-27-14-16-28(17-15-27)32-29(30)23-10-8-22(9-11-23)25-13-12-24-19-21(4-2)6-7-26(24)20-25/h3,5,14-17,21-26H,4,6-13,18-20H2,1-2H3/b5-3+. The highest BCUT2D eigenvalue weighted by Gasteiger charge is 2.39. The van der Waals surface area contributed by atoms with Gasteiger partial charge in [-0.05, 0) is 119 Å². The Morgan fingerprint density at radius 1 is 0.844 bits per heavy atom. The van der Waals surface area contributed by atoms with Crippen LogP contribution in [0.2, 0.25) is 0 Å². The van der Waals surface area contributed by atoms with Gasteiger partial charge >= 0.3 is 5.97 Å². The number of rotatable bonds is 7. The number of fused-ring (bicyclic) bond motifs is 1. The molecule has 1 aromatic carbocycles. The van der Waals surface area contributed by atoms with E-state index in [4.69, 9.17) is 9.47 Å². The molecule has 0 aliphatic heterocycles. The third-order valence-electron chi connectivity index (χ3n) is 8.74. The van der Waals surface area contributed by atoms with Crippen LogP contribution in [0.5, 0.6) is 11.5 Å². The number of benzene rings is 1. The van der Waals surface area contributed by atoms with Crippen molar-refractivity contribution in [2.75, 3.05) is 6.61 Å². The molecule has 4 unspecified atom stereocenters. The molecule has 3 fully saturated rings. The fraction of sp³-hybridized carbons (Fsp3) is 0.690. The van der Waals surface area contributed by atoms with E-state index in [1.807, 2.05) is 43.3 Å². The zero-order valence-electron chi connectivity index (χ0n) is 20.1. The molecule has 32 heavy (non-hydrogen) atoms. The summed E-state index contributed by atoms with van der Waals surface area (Å²) in [7, 11) is 0. The molecule has 4 atom stereocenters. The number of esters is 1. The highest BCUT2D eigenvalue weighted by atomic mass is 16.5. The summed E-state index contributed by atoms with van der Waals surface area (Å²) < 4.78 is 11.3. The van der Waals surface area contributed by atoms with E-state index in [-0.39, 0.29) is 11.9 Å². The Morgan fingerprint density at radius 2 is 1.44 bits per heavy atom. The van der Waals surface area contributed by atoms with Crippen molar-refractivity contribution in [1.29, 1.82) is 0 Å². The molecule has 0 bridgehead atoms. The van der Waals surface area contributed by atoms with Crippen LogP contribution in [0, 0.1) is 35.5 Å². The first-order chi connectivity index (χ1) is 15.7. The van der Waals surface area contributed by atoms with Crippen LogP contribution in [0.1, 0.15) is 84.5 Å². The fourth-order valence-electron chi connectivity index (χ4n) is 6.69. The number of carbonyl (C=O) groups is 1. The molecule has 1 aromatic rings. The molecule has 0 aromatic heterocycles. The summed E-state index contributed by atoms with van der Waals surface area (Å²) in [5.74, 6) is 6.16. The van der Waals surface area contributed by atoms with Crippen molar-refractivity contribution in [3.05, 3.63) is 36.4 Å². The third-order valence-corrected chi connectivity index (χ3v) is 8.74. The van der Waals surface area contributed by atoms with Crippen molar-refractivity contribution in [2.24, 2.45) is 35.5 Å². The van der Waals surface area contributed by atoms with Crippen molar-refractivity contribution in [1.82, 2.24) is 0 Å². The smallest absolute Gasteiger partial charge is 0.314 e. The van der Waals surface area contributed by atoms with E-state index >= 15 is 0 Å². The SMILES string of the molecule is C/C=C/COc1ccc(OC(=O)C2CCC(C3CCC4CC(CC)CCC4C3)CC2)cc1. The van der Waals surface area contributed by atoms with Crippen LogP contribution in [0.25, 0.3) is 0 Å². The van der Waals surface area contributed by atoms with Gasteiger partial charge in [0.25, 0.3) is 0 Å². The predicted molar refractivity (Wildman–Crippen MR) is 130 cm³/mol. The van der Waals surface area contributed by atoms with Gasteiger partial charge in [0.05, 0.1) is 5.92 Å². The van der Waals surface area contributed by atoms with Crippen molar-refractivity contribution in [3.8, 4) is 11.5 Å². The first kappa shape index (κ1) is 23.4. The van der Waals surface area contributed by atoms with Crippen LogP contribution >= 0.6 is 0 Å².